The molecule has 4 nitrogen and oxygen atoms in total. The molecule has 0 aliphatic carbocycles. The number of methoxy groups -OCH3 is 1. The van der Waals surface area contributed by atoms with Gasteiger partial charge in [-0.1, -0.05) is 29.3 Å². The van der Waals surface area contributed by atoms with Crippen LogP contribution in [0.4, 0.5) is 4.39 Å². The van der Waals surface area contributed by atoms with Crippen LogP contribution in [0.15, 0.2) is 30.5 Å². The maximum Gasteiger partial charge on any atom is 0.254 e. The minimum atomic E-state index is -0.639. The molecule has 0 spiro atoms. The van der Waals surface area contributed by atoms with Gasteiger partial charge in [-0.3, -0.25) is 4.79 Å². The first-order chi connectivity index (χ1) is 10.0. The number of carbonyl (C=O) groups is 1. The van der Waals surface area contributed by atoms with Gasteiger partial charge in [-0.2, -0.15) is 0 Å². The third-order valence-corrected chi connectivity index (χ3v) is 3.43. The van der Waals surface area contributed by atoms with Crippen LogP contribution in [0, 0.1) is 5.82 Å². The van der Waals surface area contributed by atoms with E-state index < -0.39 is 11.7 Å². The zero-order valence-electron chi connectivity index (χ0n) is 11.0. The van der Waals surface area contributed by atoms with Crippen LogP contribution in [0.5, 0.6) is 5.75 Å². The van der Waals surface area contributed by atoms with E-state index in [-0.39, 0.29) is 17.3 Å². The highest BCUT2D eigenvalue weighted by molar-refractivity contribution is 6.32. The smallest absolute Gasteiger partial charge is 0.254 e. The van der Waals surface area contributed by atoms with E-state index in [1.165, 1.54) is 7.11 Å². The van der Waals surface area contributed by atoms with Crippen molar-refractivity contribution in [3.05, 3.63) is 57.6 Å². The molecule has 1 N–H and O–H groups in total. The van der Waals surface area contributed by atoms with Crippen LogP contribution in [-0.4, -0.2) is 18.0 Å². The van der Waals surface area contributed by atoms with Gasteiger partial charge in [-0.05, 0) is 18.2 Å². The Morgan fingerprint density at radius 3 is 2.90 bits per heavy atom. The molecular weight excluding hydrogens is 318 g/mol. The summed E-state index contributed by atoms with van der Waals surface area (Å²) < 4.78 is 18.3. The SMILES string of the molecule is COc1cccc(Cl)c1CNC(=O)c1cc(F)cnc1Cl. The Kier molecular flexibility index (Phi) is 4.98. The minimum Gasteiger partial charge on any atom is -0.496 e. The lowest BCUT2D eigenvalue weighted by atomic mass is 10.2. The number of amides is 1. The lowest BCUT2D eigenvalue weighted by Crippen LogP contribution is -2.24. The predicted octanol–water partition coefficient (Wildman–Crippen LogP) is 3.47. The summed E-state index contributed by atoms with van der Waals surface area (Å²) in [5, 5.41) is 2.99. The zero-order valence-corrected chi connectivity index (χ0v) is 12.5. The fourth-order valence-electron chi connectivity index (χ4n) is 1.75. The van der Waals surface area contributed by atoms with Gasteiger partial charge in [0.05, 0.1) is 18.9 Å². The summed E-state index contributed by atoms with van der Waals surface area (Å²) in [6.07, 6.45) is 0.941. The van der Waals surface area contributed by atoms with Crippen molar-refractivity contribution >= 4 is 29.1 Å². The fourth-order valence-corrected chi connectivity index (χ4v) is 2.17. The molecule has 21 heavy (non-hydrogen) atoms. The molecule has 0 saturated carbocycles. The Hall–Kier alpha value is -1.85. The van der Waals surface area contributed by atoms with Crippen molar-refractivity contribution in [1.82, 2.24) is 10.3 Å². The predicted molar refractivity (Wildman–Crippen MR) is 78.4 cm³/mol. The number of pyridine rings is 1. The molecule has 1 heterocycles. The van der Waals surface area contributed by atoms with E-state index in [9.17, 15) is 9.18 Å². The standard InChI is InChI=1S/C14H11Cl2FN2O2/c1-21-12-4-2-3-11(15)10(12)7-19-14(20)9-5-8(17)6-18-13(9)16/h2-6H,7H2,1H3,(H,19,20). The van der Waals surface area contributed by atoms with Crippen LogP contribution in [0.3, 0.4) is 0 Å². The summed E-state index contributed by atoms with van der Waals surface area (Å²) in [4.78, 5) is 15.6. The molecule has 7 heteroatoms. The maximum atomic E-state index is 13.1. The second-order valence-electron chi connectivity index (χ2n) is 4.10. The van der Waals surface area contributed by atoms with Crippen LogP contribution in [-0.2, 0) is 6.54 Å². The highest BCUT2D eigenvalue weighted by Crippen LogP contribution is 2.26. The Balaban J connectivity index is 2.17. The van der Waals surface area contributed by atoms with Gasteiger partial charge >= 0.3 is 0 Å². The second-order valence-corrected chi connectivity index (χ2v) is 4.86. The van der Waals surface area contributed by atoms with E-state index in [0.29, 0.717) is 16.3 Å². The second kappa shape index (κ2) is 6.74. The van der Waals surface area contributed by atoms with Crippen LogP contribution >= 0.6 is 23.2 Å². The molecule has 0 radical (unpaired) electrons. The van der Waals surface area contributed by atoms with Gasteiger partial charge in [0, 0.05) is 17.1 Å². The number of aromatic nitrogens is 1. The van der Waals surface area contributed by atoms with Crippen LogP contribution in [0.2, 0.25) is 10.2 Å². The first-order valence-corrected chi connectivity index (χ1v) is 6.69. The van der Waals surface area contributed by atoms with Gasteiger partial charge in [0.1, 0.15) is 16.7 Å². The molecule has 1 aromatic heterocycles. The monoisotopic (exact) mass is 328 g/mol. The molecule has 0 atom stereocenters. The van der Waals surface area contributed by atoms with Gasteiger partial charge in [0.25, 0.3) is 5.91 Å². The first kappa shape index (κ1) is 15.5. The molecule has 1 amide bonds. The van der Waals surface area contributed by atoms with E-state index in [1.807, 2.05) is 0 Å². The molecule has 0 bridgehead atoms. The van der Waals surface area contributed by atoms with Gasteiger partial charge in [-0.25, -0.2) is 9.37 Å². The van der Waals surface area contributed by atoms with Crippen molar-refractivity contribution in [2.45, 2.75) is 6.54 Å². The lowest BCUT2D eigenvalue weighted by molar-refractivity contribution is 0.0950. The number of hydrogen-bond donors (Lipinski definition) is 1. The van der Waals surface area contributed by atoms with E-state index in [4.69, 9.17) is 27.9 Å². The van der Waals surface area contributed by atoms with Crippen LogP contribution < -0.4 is 10.1 Å². The zero-order chi connectivity index (χ0) is 15.4. The molecule has 1 aromatic carbocycles. The van der Waals surface area contributed by atoms with Gasteiger partial charge in [-0.15, -0.1) is 0 Å². The highest BCUT2D eigenvalue weighted by atomic mass is 35.5. The number of rotatable bonds is 4. The van der Waals surface area contributed by atoms with Crippen molar-refractivity contribution in [1.29, 1.82) is 0 Å². The third-order valence-electron chi connectivity index (χ3n) is 2.77. The highest BCUT2D eigenvalue weighted by Gasteiger charge is 2.14. The average Bonchev–Trinajstić information content (AvgIpc) is 2.47. The largest absolute Gasteiger partial charge is 0.496 e. The molecule has 2 aromatic rings. The topological polar surface area (TPSA) is 51.2 Å². The molecule has 2 rings (SSSR count). The van der Waals surface area contributed by atoms with Crippen molar-refractivity contribution < 1.29 is 13.9 Å². The van der Waals surface area contributed by atoms with E-state index in [1.54, 1.807) is 18.2 Å². The van der Waals surface area contributed by atoms with Gasteiger partial charge < -0.3 is 10.1 Å². The number of hydrogen-bond acceptors (Lipinski definition) is 3. The molecule has 0 unspecified atom stereocenters. The van der Waals surface area contributed by atoms with Crippen LogP contribution in [0.25, 0.3) is 0 Å². The molecular formula is C14H11Cl2FN2O2. The number of benzene rings is 1. The quantitative estimate of drug-likeness (QED) is 0.874. The molecule has 0 saturated heterocycles. The minimum absolute atomic E-state index is 0.0392. The van der Waals surface area contributed by atoms with E-state index in [0.717, 1.165) is 12.3 Å². The van der Waals surface area contributed by atoms with Crippen molar-refractivity contribution in [3.8, 4) is 5.75 Å². The number of nitrogens with one attached hydrogen (secondary N) is 1. The van der Waals surface area contributed by atoms with Gasteiger partial charge in [0.15, 0.2) is 0 Å². The van der Waals surface area contributed by atoms with Crippen LogP contribution in [0.1, 0.15) is 15.9 Å². The molecule has 110 valence electrons. The van der Waals surface area contributed by atoms with Crippen molar-refractivity contribution in [2.75, 3.05) is 7.11 Å². The summed E-state index contributed by atoms with van der Waals surface area (Å²) in [5.41, 5.74) is 0.582. The summed E-state index contributed by atoms with van der Waals surface area (Å²) in [6, 6.07) is 6.17. The summed E-state index contributed by atoms with van der Waals surface area (Å²) in [5.74, 6) is -0.639. The number of carbonyl (C=O) groups excluding carboxylic acids is 1. The normalized spacial score (nSPS) is 10.3. The molecule has 0 aliphatic heterocycles. The van der Waals surface area contributed by atoms with Crippen molar-refractivity contribution in [3.63, 3.8) is 0 Å². The number of nitrogens with zero attached hydrogens (tertiary/aromatic N) is 1. The first-order valence-electron chi connectivity index (χ1n) is 5.93. The van der Waals surface area contributed by atoms with E-state index in [2.05, 4.69) is 10.3 Å². The summed E-state index contributed by atoms with van der Waals surface area (Å²) >= 11 is 11.8. The third kappa shape index (κ3) is 3.62. The lowest BCUT2D eigenvalue weighted by Gasteiger charge is -2.11. The Morgan fingerprint density at radius 1 is 1.43 bits per heavy atom. The fraction of sp³-hybridized carbons (Fsp3) is 0.143. The number of ether oxygens (including phenoxy) is 1. The van der Waals surface area contributed by atoms with E-state index >= 15 is 0 Å². The average molecular weight is 329 g/mol. The number of halogens is 3. The van der Waals surface area contributed by atoms with Crippen molar-refractivity contribution in [2.24, 2.45) is 0 Å². The molecule has 0 fully saturated rings. The Bertz CT molecular complexity index is 680. The molecule has 0 aliphatic rings. The van der Waals surface area contributed by atoms with Gasteiger partial charge in [0.2, 0.25) is 0 Å². The summed E-state index contributed by atoms with van der Waals surface area (Å²) in [7, 11) is 1.50. The Morgan fingerprint density at radius 2 is 2.19 bits per heavy atom. The summed E-state index contributed by atoms with van der Waals surface area (Å²) in [6.45, 7) is 0.120. The Labute approximate surface area is 130 Å². The maximum absolute atomic E-state index is 13.1.